The van der Waals surface area contributed by atoms with Crippen molar-refractivity contribution >= 4 is 38.6 Å². The molecule has 7 heteroatoms. The van der Waals surface area contributed by atoms with E-state index in [0.29, 0.717) is 11.1 Å². The molecule has 0 N–H and O–H groups in total. The number of aromatic nitrogens is 3. The van der Waals surface area contributed by atoms with Gasteiger partial charge in [-0.2, -0.15) is 0 Å². The second kappa shape index (κ2) is 8.18. The van der Waals surface area contributed by atoms with Crippen LogP contribution in [0, 0.1) is 11.8 Å². The molecule has 2 heterocycles. The molecule has 29 heavy (non-hydrogen) atoms. The number of hydrogen-bond donors (Lipinski definition) is 0. The zero-order chi connectivity index (χ0) is 21.2. The molecule has 2 aromatic heterocycles. The van der Waals surface area contributed by atoms with Crippen LogP contribution < -0.4 is 0 Å². The topological polar surface area (TPSA) is 74.1 Å². The Balaban J connectivity index is 2.06. The van der Waals surface area contributed by atoms with Crippen molar-refractivity contribution in [2.45, 2.75) is 39.8 Å². The first-order valence-corrected chi connectivity index (χ1v) is 9.75. The number of carbonyl (C=O) groups excluding carboxylic acids is 2. The van der Waals surface area contributed by atoms with E-state index in [-0.39, 0.29) is 18.3 Å². The summed E-state index contributed by atoms with van der Waals surface area (Å²) in [4.78, 5) is 32.3. The van der Waals surface area contributed by atoms with Crippen LogP contribution in [0.5, 0.6) is 0 Å². The number of Topliss-reactive ketones (excluding diaryl/α,β-unsaturated/α-hetero) is 1. The van der Waals surface area contributed by atoms with E-state index in [9.17, 15) is 9.59 Å². The van der Waals surface area contributed by atoms with Crippen LogP contribution in [0.25, 0.3) is 10.9 Å². The third-order valence-corrected chi connectivity index (χ3v) is 4.63. The van der Waals surface area contributed by atoms with Gasteiger partial charge in [0.25, 0.3) is 0 Å². The molecule has 0 aliphatic rings. The third-order valence-electron chi connectivity index (χ3n) is 3.97. The first kappa shape index (κ1) is 20.7. The Morgan fingerprint density at radius 3 is 2.48 bits per heavy atom. The third kappa shape index (κ3) is 5.09. The molecule has 1 aromatic carbocycles. The molecule has 0 unspecified atom stereocenters. The van der Waals surface area contributed by atoms with Crippen molar-refractivity contribution in [2.24, 2.45) is 0 Å². The Labute approximate surface area is 177 Å². The van der Waals surface area contributed by atoms with E-state index in [2.05, 4.69) is 37.7 Å². The molecule has 148 valence electrons. The lowest BCUT2D eigenvalue weighted by atomic mass is 10.1. The zero-order valence-corrected chi connectivity index (χ0v) is 18.2. The molecule has 0 saturated carbocycles. The highest BCUT2D eigenvalue weighted by Crippen LogP contribution is 2.29. The summed E-state index contributed by atoms with van der Waals surface area (Å²) in [5, 5.41) is 0.751. The lowest BCUT2D eigenvalue weighted by Crippen LogP contribution is -2.26. The second-order valence-corrected chi connectivity index (χ2v) is 8.39. The number of rotatable bonds is 3. The van der Waals surface area contributed by atoms with E-state index < -0.39 is 5.60 Å². The molecule has 0 radical (unpaired) electrons. The molecule has 0 saturated heterocycles. The first-order chi connectivity index (χ1) is 13.6. The maximum absolute atomic E-state index is 12.3. The van der Waals surface area contributed by atoms with Crippen molar-refractivity contribution in [3.63, 3.8) is 0 Å². The molecule has 0 aliphatic heterocycles. The minimum Gasteiger partial charge on any atom is -0.459 e. The number of esters is 1. The zero-order valence-electron chi connectivity index (χ0n) is 16.6. The molecule has 0 bridgehead atoms. The highest BCUT2D eigenvalue weighted by atomic mass is 79.9. The summed E-state index contributed by atoms with van der Waals surface area (Å²) in [6, 6.07) is 3.70. The standard InChI is InChI=1S/C22H20BrN3O3/c1-14(27)18-11-26(12-21(28)29-22(2,3)4)20-7-16(19(23)8-17(18)20)6-5-15-9-24-13-25-10-15/h7-11,13H,12H2,1-4H3. The van der Waals surface area contributed by atoms with Crippen molar-refractivity contribution in [2.75, 3.05) is 0 Å². The van der Waals surface area contributed by atoms with Gasteiger partial charge in [-0.15, -0.1) is 0 Å². The number of ether oxygens (including phenoxy) is 1. The fraction of sp³-hybridized carbons (Fsp3) is 0.273. The average Bonchev–Trinajstić information content (AvgIpc) is 2.96. The number of ketones is 1. The highest BCUT2D eigenvalue weighted by molar-refractivity contribution is 9.10. The first-order valence-electron chi connectivity index (χ1n) is 8.96. The number of carbonyl (C=O) groups is 2. The van der Waals surface area contributed by atoms with Gasteiger partial charge in [0.1, 0.15) is 18.5 Å². The van der Waals surface area contributed by atoms with Gasteiger partial charge >= 0.3 is 5.97 Å². The quantitative estimate of drug-likeness (QED) is 0.338. The summed E-state index contributed by atoms with van der Waals surface area (Å²) >= 11 is 3.53. The molecule has 0 aliphatic carbocycles. The van der Waals surface area contributed by atoms with Crippen molar-refractivity contribution < 1.29 is 14.3 Å². The monoisotopic (exact) mass is 453 g/mol. The second-order valence-electron chi connectivity index (χ2n) is 7.54. The Bertz CT molecular complexity index is 1150. The van der Waals surface area contributed by atoms with Gasteiger partial charge in [0.2, 0.25) is 0 Å². The molecule has 0 atom stereocenters. The Morgan fingerprint density at radius 1 is 1.17 bits per heavy atom. The maximum Gasteiger partial charge on any atom is 0.326 e. The predicted octanol–water partition coefficient (Wildman–Crippen LogP) is 4.14. The van der Waals surface area contributed by atoms with E-state index in [4.69, 9.17) is 4.74 Å². The van der Waals surface area contributed by atoms with Crippen molar-refractivity contribution in [3.8, 4) is 11.8 Å². The van der Waals surface area contributed by atoms with Gasteiger partial charge in [-0.05, 0) is 55.8 Å². The van der Waals surface area contributed by atoms with Crippen LogP contribution in [-0.4, -0.2) is 31.9 Å². The Morgan fingerprint density at radius 2 is 1.86 bits per heavy atom. The van der Waals surface area contributed by atoms with Gasteiger partial charge in [-0.3, -0.25) is 9.59 Å². The highest BCUT2D eigenvalue weighted by Gasteiger charge is 2.20. The van der Waals surface area contributed by atoms with Gasteiger partial charge in [0.05, 0.1) is 11.1 Å². The summed E-state index contributed by atoms with van der Waals surface area (Å²) in [5.74, 6) is 5.65. The molecule has 0 fully saturated rings. The van der Waals surface area contributed by atoms with Crippen molar-refractivity contribution in [1.82, 2.24) is 14.5 Å². The summed E-state index contributed by atoms with van der Waals surface area (Å²) in [7, 11) is 0. The summed E-state index contributed by atoms with van der Waals surface area (Å²) < 4.78 is 7.91. The number of fused-ring (bicyclic) bond motifs is 1. The lowest BCUT2D eigenvalue weighted by Gasteiger charge is -2.19. The summed E-state index contributed by atoms with van der Waals surface area (Å²) in [6.45, 7) is 6.96. The van der Waals surface area contributed by atoms with Crippen molar-refractivity contribution in [1.29, 1.82) is 0 Å². The normalized spacial score (nSPS) is 11.1. The fourth-order valence-corrected chi connectivity index (χ4v) is 3.28. The van der Waals surface area contributed by atoms with Gasteiger partial charge in [-0.1, -0.05) is 11.8 Å². The van der Waals surface area contributed by atoms with E-state index in [1.54, 1.807) is 23.2 Å². The largest absolute Gasteiger partial charge is 0.459 e. The summed E-state index contributed by atoms with van der Waals surface area (Å²) in [5.41, 5.74) is 2.10. The molecule has 6 nitrogen and oxygen atoms in total. The molecular formula is C22H20BrN3O3. The van der Waals surface area contributed by atoms with Crippen LogP contribution in [0.3, 0.4) is 0 Å². The lowest BCUT2D eigenvalue weighted by molar-refractivity contribution is -0.155. The molecule has 0 spiro atoms. The average molecular weight is 454 g/mol. The van der Waals surface area contributed by atoms with Gasteiger partial charge in [0, 0.05) is 39.6 Å². The van der Waals surface area contributed by atoms with Crippen molar-refractivity contribution in [3.05, 3.63) is 58.2 Å². The van der Waals surface area contributed by atoms with Crippen LogP contribution >= 0.6 is 15.9 Å². The van der Waals surface area contributed by atoms with E-state index in [1.807, 2.05) is 32.9 Å². The van der Waals surface area contributed by atoms with E-state index in [1.165, 1.54) is 13.3 Å². The van der Waals surface area contributed by atoms with Gasteiger partial charge in [-0.25, -0.2) is 9.97 Å². The number of nitrogens with zero attached hydrogens (tertiary/aromatic N) is 3. The van der Waals surface area contributed by atoms with Crippen LogP contribution in [0.4, 0.5) is 0 Å². The van der Waals surface area contributed by atoms with E-state index >= 15 is 0 Å². The molecule has 0 amide bonds. The number of halogens is 1. The van der Waals surface area contributed by atoms with Crippen LogP contribution in [-0.2, 0) is 16.1 Å². The van der Waals surface area contributed by atoms with Gasteiger partial charge < -0.3 is 9.30 Å². The minimum atomic E-state index is -0.582. The fourth-order valence-electron chi connectivity index (χ4n) is 2.83. The van der Waals surface area contributed by atoms with Crippen LogP contribution in [0.1, 0.15) is 49.2 Å². The molecule has 3 aromatic rings. The van der Waals surface area contributed by atoms with Crippen LogP contribution in [0.15, 0.2) is 41.5 Å². The van der Waals surface area contributed by atoms with Gasteiger partial charge in [0.15, 0.2) is 5.78 Å². The molecular weight excluding hydrogens is 434 g/mol. The predicted molar refractivity (Wildman–Crippen MR) is 113 cm³/mol. The molecule has 3 rings (SSSR count). The Kier molecular flexibility index (Phi) is 5.85. The Hall–Kier alpha value is -2.98. The smallest absolute Gasteiger partial charge is 0.326 e. The summed E-state index contributed by atoms with van der Waals surface area (Å²) in [6.07, 6.45) is 6.39. The van der Waals surface area contributed by atoms with E-state index in [0.717, 1.165) is 20.9 Å². The van der Waals surface area contributed by atoms with Crippen LogP contribution in [0.2, 0.25) is 0 Å². The SMILES string of the molecule is CC(=O)c1cn(CC(=O)OC(C)(C)C)c2cc(C#Cc3cncnc3)c(Br)cc12. The minimum absolute atomic E-state index is 0.00206. The number of hydrogen-bond acceptors (Lipinski definition) is 5. The number of benzene rings is 1. The maximum atomic E-state index is 12.3.